The van der Waals surface area contributed by atoms with Crippen LogP contribution in [0.15, 0.2) is 48.5 Å². The van der Waals surface area contributed by atoms with Crippen molar-refractivity contribution in [3.05, 3.63) is 59.7 Å². The second-order valence-electron chi connectivity index (χ2n) is 8.28. The molecule has 1 unspecified atom stereocenters. The highest BCUT2D eigenvalue weighted by Gasteiger charge is 2.31. The van der Waals surface area contributed by atoms with Crippen LogP contribution in [0.2, 0.25) is 0 Å². The van der Waals surface area contributed by atoms with Crippen molar-refractivity contribution in [3.63, 3.8) is 0 Å². The van der Waals surface area contributed by atoms with Crippen LogP contribution in [0.5, 0.6) is 5.75 Å². The lowest BCUT2D eigenvalue weighted by Crippen LogP contribution is -2.44. The van der Waals surface area contributed by atoms with E-state index in [0.717, 1.165) is 24.8 Å². The van der Waals surface area contributed by atoms with E-state index in [0.29, 0.717) is 29.6 Å². The molecule has 0 aliphatic carbocycles. The first-order chi connectivity index (χ1) is 14.9. The Balaban J connectivity index is 1.70. The van der Waals surface area contributed by atoms with Crippen LogP contribution in [-0.2, 0) is 9.59 Å². The summed E-state index contributed by atoms with van der Waals surface area (Å²) in [7, 11) is 0. The fourth-order valence-electron chi connectivity index (χ4n) is 3.58. The molecule has 0 aromatic heterocycles. The molecule has 0 bridgehead atoms. The zero-order valence-corrected chi connectivity index (χ0v) is 18.9. The van der Waals surface area contributed by atoms with Gasteiger partial charge in [-0.3, -0.25) is 9.59 Å². The number of nitrogens with zero attached hydrogens (tertiary/aromatic N) is 1. The highest BCUT2D eigenvalue weighted by molar-refractivity contribution is 6.04. The van der Waals surface area contributed by atoms with Crippen molar-refractivity contribution in [1.29, 1.82) is 0 Å². The van der Waals surface area contributed by atoms with Gasteiger partial charge in [-0.1, -0.05) is 57.9 Å². The van der Waals surface area contributed by atoms with Gasteiger partial charge in [-0.15, -0.1) is 0 Å². The number of ether oxygens (including phenoxy) is 1. The summed E-state index contributed by atoms with van der Waals surface area (Å²) in [6.45, 7) is 8.86. The molecule has 3 rings (SSSR count). The van der Waals surface area contributed by atoms with Gasteiger partial charge in [0.05, 0.1) is 5.69 Å². The van der Waals surface area contributed by atoms with Gasteiger partial charge in [-0.25, -0.2) is 0 Å². The number of nitrogens with one attached hydrogen (secondary N) is 1. The van der Waals surface area contributed by atoms with Crippen molar-refractivity contribution < 1.29 is 14.3 Å². The molecule has 1 atom stereocenters. The van der Waals surface area contributed by atoms with E-state index in [1.807, 2.05) is 24.3 Å². The Morgan fingerprint density at radius 3 is 2.58 bits per heavy atom. The predicted octanol–water partition coefficient (Wildman–Crippen LogP) is 5.77. The number of hydrogen-bond donors (Lipinski definition) is 1. The quantitative estimate of drug-likeness (QED) is 0.436. The maximum atomic E-state index is 12.6. The number of rotatable bonds is 8. The van der Waals surface area contributed by atoms with Crippen LogP contribution < -0.4 is 15.0 Å². The highest BCUT2D eigenvalue weighted by Crippen LogP contribution is 2.36. The van der Waals surface area contributed by atoms with Crippen molar-refractivity contribution >= 4 is 29.3 Å². The van der Waals surface area contributed by atoms with E-state index in [2.05, 4.69) is 38.2 Å². The normalized spacial score (nSPS) is 15.8. The van der Waals surface area contributed by atoms with Crippen LogP contribution in [0.1, 0.15) is 64.0 Å². The van der Waals surface area contributed by atoms with Gasteiger partial charge in [-0.05, 0) is 54.7 Å². The third-order valence-corrected chi connectivity index (χ3v) is 5.45. The molecule has 2 aromatic carbocycles. The van der Waals surface area contributed by atoms with Gasteiger partial charge in [0, 0.05) is 18.3 Å². The molecule has 0 fully saturated rings. The van der Waals surface area contributed by atoms with Crippen LogP contribution >= 0.6 is 0 Å². The molecular weight excluding hydrogens is 388 g/mol. The molecule has 2 amide bonds. The van der Waals surface area contributed by atoms with E-state index >= 15 is 0 Å². The van der Waals surface area contributed by atoms with Crippen LogP contribution in [0.25, 0.3) is 6.08 Å². The topological polar surface area (TPSA) is 58.6 Å². The summed E-state index contributed by atoms with van der Waals surface area (Å²) < 4.78 is 5.75. The molecule has 1 aliphatic rings. The van der Waals surface area contributed by atoms with E-state index in [-0.39, 0.29) is 11.8 Å². The zero-order valence-electron chi connectivity index (χ0n) is 18.9. The van der Waals surface area contributed by atoms with E-state index in [4.69, 9.17) is 4.74 Å². The SMILES string of the molecule is CCCCCN1C(=O)C(C)Oc2ccc(NC(=O)/C=C/c3ccc(C(C)C)cc3)cc21. The maximum Gasteiger partial charge on any atom is 0.267 e. The standard InChI is InChI=1S/C26H32N2O3/c1-5-6-7-16-28-23-17-22(13-14-24(23)31-19(4)26(28)30)27-25(29)15-10-20-8-11-21(12-9-20)18(2)3/h8-15,17-19H,5-7,16H2,1-4H3,(H,27,29)/b15-10+. The number of hydrogen-bond acceptors (Lipinski definition) is 3. The first kappa shape index (κ1) is 22.6. The van der Waals surface area contributed by atoms with Gasteiger partial charge < -0.3 is 15.0 Å². The Bertz CT molecular complexity index is 948. The second kappa shape index (κ2) is 10.3. The lowest BCUT2D eigenvalue weighted by Gasteiger charge is -2.33. The molecule has 5 heteroatoms. The number of amides is 2. The fraction of sp³-hybridized carbons (Fsp3) is 0.385. The molecule has 2 aromatic rings. The summed E-state index contributed by atoms with van der Waals surface area (Å²) in [6.07, 6.45) is 5.90. The maximum absolute atomic E-state index is 12.6. The summed E-state index contributed by atoms with van der Waals surface area (Å²) in [5.41, 5.74) is 3.59. The Morgan fingerprint density at radius 2 is 1.90 bits per heavy atom. The number of anilines is 2. The van der Waals surface area contributed by atoms with Crippen molar-refractivity contribution in [1.82, 2.24) is 0 Å². The first-order valence-corrected chi connectivity index (χ1v) is 11.1. The minimum Gasteiger partial charge on any atom is -0.479 e. The second-order valence-corrected chi connectivity index (χ2v) is 8.28. The summed E-state index contributed by atoms with van der Waals surface area (Å²) in [5.74, 6) is 0.881. The van der Waals surface area contributed by atoms with Gasteiger partial charge in [0.1, 0.15) is 5.75 Å². The Morgan fingerprint density at radius 1 is 1.16 bits per heavy atom. The molecular formula is C26H32N2O3. The highest BCUT2D eigenvalue weighted by atomic mass is 16.5. The van der Waals surface area contributed by atoms with Crippen LogP contribution in [0.3, 0.4) is 0 Å². The van der Waals surface area contributed by atoms with Crippen LogP contribution in [0.4, 0.5) is 11.4 Å². The minimum absolute atomic E-state index is 0.0446. The van der Waals surface area contributed by atoms with E-state index in [9.17, 15) is 9.59 Å². The average Bonchev–Trinajstić information content (AvgIpc) is 2.75. The number of benzene rings is 2. The number of unbranched alkanes of at least 4 members (excludes halogenated alkanes) is 2. The predicted molar refractivity (Wildman–Crippen MR) is 127 cm³/mol. The Labute approximate surface area is 185 Å². The third kappa shape index (κ3) is 5.75. The monoisotopic (exact) mass is 420 g/mol. The molecule has 1 aliphatic heterocycles. The first-order valence-electron chi connectivity index (χ1n) is 11.1. The molecule has 5 nitrogen and oxygen atoms in total. The van der Waals surface area contributed by atoms with Gasteiger partial charge in [0.15, 0.2) is 6.10 Å². The average molecular weight is 421 g/mol. The molecule has 0 spiro atoms. The molecule has 164 valence electrons. The lowest BCUT2D eigenvalue weighted by molar-refractivity contribution is -0.125. The molecule has 0 radical (unpaired) electrons. The Kier molecular flexibility index (Phi) is 7.50. The molecule has 0 saturated carbocycles. The summed E-state index contributed by atoms with van der Waals surface area (Å²) in [6, 6.07) is 13.6. The van der Waals surface area contributed by atoms with Gasteiger partial charge >= 0.3 is 0 Å². The number of carbonyl (C=O) groups is 2. The van der Waals surface area contributed by atoms with Crippen molar-refractivity contribution in [2.24, 2.45) is 0 Å². The molecule has 1 heterocycles. The van der Waals surface area contributed by atoms with Crippen molar-refractivity contribution in [2.75, 3.05) is 16.8 Å². The third-order valence-electron chi connectivity index (χ3n) is 5.45. The Hall–Kier alpha value is -3.08. The van der Waals surface area contributed by atoms with Gasteiger partial charge in [0.2, 0.25) is 5.91 Å². The van der Waals surface area contributed by atoms with Crippen LogP contribution in [0, 0.1) is 0 Å². The van der Waals surface area contributed by atoms with Crippen LogP contribution in [-0.4, -0.2) is 24.5 Å². The minimum atomic E-state index is -0.500. The zero-order chi connectivity index (χ0) is 22.4. The lowest BCUT2D eigenvalue weighted by atomic mass is 10.0. The molecule has 0 saturated heterocycles. The van der Waals surface area contributed by atoms with E-state index in [1.54, 1.807) is 24.0 Å². The fourth-order valence-corrected chi connectivity index (χ4v) is 3.58. The largest absolute Gasteiger partial charge is 0.479 e. The van der Waals surface area contributed by atoms with Gasteiger partial charge in [0.25, 0.3) is 5.91 Å². The smallest absolute Gasteiger partial charge is 0.267 e. The molecule has 31 heavy (non-hydrogen) atoms. The van der Waals surface area contributed by atoms with E-state index < -0.39 is 6.10 Å². The summed E-state index contributed by atoms with van der Waals surface area (Å²) in [4.78, 5) is 26.9. The summed E-state index contributed by atoms with van der Waals surface area (Å²) in [5, 5.41) is 2.89. The molecule has 1 N–H and O–H groups in total. The van der Waals surface area contributed by atoms with Crippen molar-refractivity contribution in [2.45, 2.75) is 59.0 Å². The van der Waals surface area contributed by atoms with Crippen molar-refractivity contribution in [3.8, 4) is 5.75 Å². The van der Waals surface area contributed by atoms with Gasteiger partial charge in [-0.2, -0.15) is 0 Å². The van der Waals surface area contributed by atoms with E-state index in [1.165, 1.54) is 11.6 Å². The summed E-state index contributed by atoms with van der Waals surface area (Å²) >= 11 is 0. The number of carbonyl (C=O) groups excluding carboxylic acids is 2. The number of fused-ring (bicyclic) bond motifs is 1.